The fourth-order valence-corrected chi connectivity index (χ4v) is 2.52. The SMILES string of the molecule is CCOC(=O)C(CCC1CCCC1)C(=O)OCC. The lowest BCUT2D eigenvalue weighted by Crippen LogP contribution is -2.28. The van der Waals surface area contributed by atoms with Gasteiger partial charge in [0.05, 0.1) is 13.2 Å². The maximum absolute atomic E-state index is 11.7. The Hall–Kier alpha value is -1.06. The first-order valence-corrected chi connectivity index (χ1v) is 7.02. The number of hydrogen-bond acceptors (Lipinski definition) is 4. The van der Waals surface area contributed by atoms with Crippen molar-refractivity contribution in [2.45, 2.75) is 52.4 Å². The van der Waals surface area contributed by atoms with Crippen LogP contribution in [-0.4, -0.2) is 25.2 Å². The highest BCUT2D eigenvalue weighted by atomic mass is 16.6. The predicted molar refractivity (Wildman–Crippen MR) is 67.9 cm³/mol. The summed E-state index contributed by atoms with van der Waals surface area (Å²) in [6, 6.07) is 0. The van der Waals surface area contributed by atoms with Crippen LogP contribution in [0.5, 0.6) is 0 Å². The van der Waals surface area contributed by atoms with E-state index >= 15 is 0 Å². The van der Waals surface area contributed by atoms with E-state index in [4.69, 9.17) is 9.47 Å². The predicted octanol–water partition coefficient (Wildman–Crippen LogP) is 2.70. The Labute approximate surface area is 109 Å². The van der Waals surface area contributed by atoms with Crippen molar-refractivity contribution < 1.29 is 19.1 Å². The molecule has 0 aromatic rings. The van der Waals surface area contributed by atoms with Crippen molar-refractivity contribution in [1.82, 2.24) is 0 Å². The molecule has 0 spiro atoms. The maximum Gasteiger partial charge on any atom is 0.320 e. The average Bonchev–Trinajstić information content (AvgIpc) is 2.83. The van der Waals surface area contributed by atoms with Gasteiger partial charge in [0, 0.05) is 0 Å². The molecular weight excluding hydrogens is 232 g/mol. The summed E-state index contributed by atoms with van der Waals surface area (Å²) in [7, 11) is 0. The molecule has 4 heteroatoms. The highest BCUT2D eigenvalue weighted by molar-refractivity contribution is 5.94. The van der Waals surface area contributed by atoms with Crippen molar-refractivity contribution in [3.8, 4) is 0 Å². The van der Waals surface area contributed by atoms with Gasteiger partial charge in [-0.1, -0.05) is 25.7 Å². The first-order chi connectivity index (χ1) is 8.69. The highest BCUT2D eigenvalue weighted by Crippen LogP contribution is 2.30. The van der Waals surface area contributed by atoms with Crippen molar-refractivity contribution in [2.75, 3.05) is 13.2 Å². The van der Waals surface area contributed by atoms with Gasteiger partial charge >= 0.3 is 11.9 Å². The third kappa shape index (κ3) is 4.67. The van der Waals surface area contributed by atoms with Gasteiger partial charge in [-0.3, -0.25) is 9.59 Å². The molecule has 0 bridgehead atoms. The quantitative estimate of drug-likeness (QED) is 0.519. The van der Waals surface area contributed by atoms with Crippen LogP contribution >= 0.6 is 0 Å². The Morgan fingerprint density at radius 3 is 2.00 bits per heavy atom. The second kappa shape index (κ2) is 8.11. The van der Waals surface area contributed by atoms with E-state index in [-0.39, 0.29) is 0 Å². The minimum atomic E-state index is -0.731. The summed E-state index contributed by atoms with van der Waals surface area (Å²) in [6.45, 7) is 4.10. The third-order valence-electron chi connectivity index (χ3n) is 3.48. The minimum absolute atomic E-state index is 0.304. The van der Waals surface area contributed by atoms with Crippen LogP contribution in [0, 0.1) is 11.8 Å². The normalized spacial score (nSPS) is 15.9. The molecule has 0 aromatic heterocycles. The molecule has 1 aliphatic carbocycles. The van der Waals surface area contributed by atoms with Gasteiger partial charge in [-0.15, -0.1) is 0 Å². The molecule has 0 aromatic carbocycles. The molecule has 0 unspecified atom stereocenters. The zero-order valence-electron chi connectivity index (χ0n) is 11.4. The molecule has 0 N–H and O–H groups in total. The first-order valence-electron chi connectivity index (χ1n) is 7.02. The smallest absolute Gasteiger partial charge is 0.320 e. The summed E-state index contributed by atoms with van der Waals surface area (Å²) in [5.41, 5.74) is 0. The lowest BCUT2D eigenvalue weighted by molar-refractivity contribution is -0.162. The van der Waals surface area contributed by atoms with Gasteiger partial charge in [-0.2, -0.15) is 0 Å². The Balaban J connectivity index is 2.47. The van der Waals surface area contributed by atoms with E-state index in [2.05, 4.69) is 0 Å². The fourth-order valence-electron chi connectivity index (χ4n) is 2.52. The van der Waals surface area contributed by atoms with Crippen molar-refractivity contribution in [3.05, 3.63) is 0 Å². The Bertz CT molecular complexity index is 251. The molecule has 0 aliphatic heterocycles. The van der Waals surface area contributed by atoms with E-state index in [9.17, 15) is 9.59 Å². The van der Waals surface area contributed by atoms with Crippen LogP contribution in [0.2, 0.25) is 0 Å². The van der Waals surface area contributed by atoms with Crippen LogP contribution in [0.15, 0.2) is 0 Å². The van der Waals surface area contributed by atoms with E-state index in [1.165, 1.54) is 25.7 Å². The zero-order valence-corrected chi connectivity index (χ0v) is 11.4. The first kappa shape index (κ1) is 15.0. The summed E-state index contributed by atoms with van der Waals surface area (Å²) in [6.07, 6.45) is 6.46. The Kier molecular flexibility index (Phi) is 6.76. The molecule has 4 nitrogen and oxygen atoms in total. The highest BCUT2D eigenvalue weighted by Gasteiger charge is 2.30. The molecule has 0 heterocycles. The largest absolute Gasteiger partial charge is 0.465 e. The van der Waals surface area contributed by atoms with Gasteiger partial charge in [0.2, 0.25) is 0 Å². The number of ether oxygens (including phenoxy) is 2. The number of carbonyl (C=O) groups excluding carboxylic acids is 2. The Morgan fingerprint density at radius 1 is 1.06 bits per heavy atom. The monoisotopic (exact) mass is 256 g/mol. The van der Waals surface area contributed by atoms with Crippen LogP contribution in [0.1, 0.15) is 52.4 Å². The number of rotatable bonds is 7. The molecule has 0 atom stereocenters. The standard InChI is InChI=1S/C14H24O4/c1-3-17-13(15)12(14(16)18-4-2)10-9-11-7-5-6-8-11/h11-12H,3-10H2,1-2H3. The zero-order chi connectivity index (χ0) is 13.4. The van der Waals surface area contributed by atoms with Crippen molar-refractivity contribution in [1.29, 1.82) is 0 Å². The van der Waals surface area contributed by atoms with Crippen LogP contribution < -0.4 is 0 Å². The van der Waals surface area contributed by atoms with Crippen LogP contribution in [0.25, 0.3) is 0 Å². The lowest BCUT2D eigenvalue weighted by Gasteiger charge is -2.16. The number of hydrogen-bond donors (Lipinski definition) is 0. The van der Waals surface area contributed by atoms with E-state index in [0.717, 1.165) is 6.42 Å². The van der Waals surface area contributed by atoms with Gasteiger partial charge in [0.15, 0.2) is 5.92 Å². The molecule has 0 radical (unpaired) electrons. The van der Waals surface area contributed by atoms with Crippen LogP contribution in [0.4, 0.5) is 0 Å². The van der Waals surface area contributed by atoms with Gasteiger partial charge < -0.3 is 9.47 Å². The topological polar surface area (TPSA) is 52.6 Å². The number of esters is 2. The van der Waals surface area contributed by atoms with Gasteiger partial charge in [-0.25, -0.2) is 0 Å². The van der Waals surface area contributed by atoms with E-state index in [1.54, 1.807) is 13.8 Å². The van der Waals surface area contributed by atoms with Gasteiger partial charge in [-0.05, 0) is 32.6 Å². The summed E-state index contributed by atoms with van der Waals surface area (Å²) in [4.78, 5) is 23.5. The van der Waals surface area contributed by atoms with E-state index < -0.39 is 17.9 Å². The molecule has 1 aliphatic rings. The van der Waals surface area contributed by atoms with E-state index in [0.29, 0.717) is 25.6 Å². The molecule has 0 amide bonds. The molecular formula is C14H24O4. The molecule has 104 valence electrons. The molecule has 0 saturated heterocycles. The van der Waals surface area contributed by atoms with Crippen molar-refractivity contribution in [2.24, 2.45) is 11.8 Å². The van der Waals surface area contributed by atoms with Crippen LogP contribution in [-0.2, 0) is 19.1 Å². The molecule has 18 heavy (non-hydrogen) atoms. The van der Waals surface area contributed by atoms with Crippen molar-refractivity contribution in [3.63, 3.8) is 0 Å². The maximum atomic E-state index is 11.7. The van der Waals surface area contributed by atoms with Crippen molar-refractivity contribution >= 4 is 11.9 Å². The Morgan fingerprint density at radius 2 is 1.56 bits per heavy atom. The molecule has 1 rings (SSSR count). The molecule has 1 saturated carbocycles. The van der Waals surface area contributed by atoms with Gasteiger partial charge in [0.25, 0.3) is 0 Å². The summed E-state index contributed by atoms with van der Waals surface area (Å²) >= 11 is 0. The minimum Gasteiger partial charge on any atom is -0.465 e. The second-order valence-electron chi connectivity index (χ2n) is 4.78. The third-order valence-corrected chi connectivity index (χ3v) is 3.48. The van der Waals surface area contributed by atoms with Crippen LogP contribution in [0.3, 0.4) is 0 Å². The van der Waals surface area contributed by atoms with Gasteiger partial charge in [0.1, 0.15) is 0 Å². The summed E-state index contributed by atoms with van der Waals surface area (Å²) in [5, 5.41) is 0. The number of carbonyl (C=O) groups is 2. The van der Waals surface area contributed by atoms with E-state index in [1.807, 2.05) is 0 Å². The fraction of sp³-hybridized carbons (Fsp3) is 0.857. The molecule has 1 fully saturated rings. The summed E-state index contributed by atoms with van der Waals surface area (Å²) < 4.78 is 9.89. The second-order valence-corrected chi connectivity index (χ2v) is 4.78. The lowest BCUT2D eigenvalue weighted by atomic mass is 9.94. The average molecular weight is 256 g/mol. The summed E-state index contributed by atoms with van der Waals surface area (Å²) in [5.74, 6) is -0.940.